The molecule has 0 aliphatic heterocycles. The van der Waals surface area contributed by atoms with Crippen LogP contribution in [0.4, 0.5) is 23.4 Å². The zero-order chi connectivity index (χ0) is 20.6. The number of nitrogens with two attached hydrogens (primary N) is 2. The van der Waals surface area contributed by atoms with Crippen LogP contribution < -0.4 is 11.5 Å². The molecular formula is C17H12BrF4N5O. The predicted octanol–water partition coefficient (Wildman–Crippen LogP) is 3.46. The number of primary amides is 1. The van der Waals surface area contributed by atoms with Gasteiger partial charge in [-0.25, -0.2) is 9.07 Å². The molecule has 3 rings (SSSR count). The lowest BCUT2D eigenvalue weighted by Crippen LogP contribution is -2.15. The van der Waals surface area contributed by atoms with E-state index in [1.54, 1.807) is 6.07 Å². The van der Waals surface area contributed by atoms with Crippen molar-refractivity contribution in [1.29, 1.82) is 0 Å². The minimum absolute atomic E-state index is 0.0332. The minimum Gasteiger partial charge on any atom is -0.383 e. The Morgan fingerprint density at radius 1 is 1.21 bits per heavy atom. The number of amides is 1. The highest BCUT2D eigenvalue weighted by molar-refractivity contribution is 9.10. The number of halogens is 5. The summed E-state index contributed by atoms with van der Waals surface area (Å²) < 4.78 is 53.6. The molecule has 3 aromatic rings. The van der Waals surface area contributed by atoms with Gasteiger partial charge in [0, 0.05) is 22.8 Å². The summed E-state index contributed by atoms with van der Waals surface area (Å²) >= 11 is 3.19. The number of carbonyl (C=O) groups excluding carboxylic acids is 1. The molecule has 4 N–H and O–H groups in total. The van der Waals surface area contributed by atoms with Gasteiger partial charge in [0.05, 0.1) is 11.3 Å². The Bertz CT molecular complexity index is 1030. The van der Waals surface area contributed by atoms with Crippen molar-refractivity contribution in [3.8, 4) is 5.69 Å². The van der Waals surface area contributed by atoms with Crippen molar-refractivity contribution in [3.63, 3.8) is 0 Å². The van der Waals surface area contributed by atoms with Gasteiger partial charge in [0.15, 0.2) is 0 Å². The van der Waals surface area contributed by atoms with Crippen molar-refractivity contribution in [2.45, 2.75) is 12.6 Å². The maximum absolute atomic E-state index is 14.3. The Balaban J connectivity index is 2.06. The normalized spacial score (nSPS) is 11.6. The first kappa shape index (κ1) is 19.8. The van der Waals surface area contributed by atoms with E-state index in [0.29, 0.717) is 10.7 Å². The Hall–Kier alpha value is -2.95. The van der Waals surface area contributed by atoms with Gasteiger partial charge in [-0.15, -0.1) is 0 Å². The zero-order valence-electron chi connectivity index (χ0n) is 14.0. The van der Waals surface area contributed by atoms with Gasteiger partial charge in [0.25, 0.3) is 5.91 Å². The summed E-state index contributed by atoms with van der Waals surface area (Å²) in [4.78, 5) is 15.6. The standard InChI is InChI=1S/C17H12BrF4N5O/c18-10-2-1-3-11(19)14(10)27-15(23)13(16(24)28)12(26-27)6-9-5-4-8(7-25-9)17(20,21)22/h1-5,7H,6,23H2,(H2,24,28). The van der Waals surface area contributed by atoms with Crippen LogP contribution in [0.15, 0.2) is 41.0 Å². The maximum Gasteiger partial charge on any atom is 0.417 e. The molecule has 146 valence electrons. The van der Waals surface area contributed by atoms with Gasteiger partial charge in [-0.05, 0) is 40.2 Å². The van der Waals surface area contributed by atoms with Crippen LogP contribution in [-0.4, -0.2) is 20.7 Å². The number of nitrogens with zero attached hydrogens (tertiary/aromatic N) is 3. The van der Waals surface area contributed by atoms with Crippen LogP contribution in [0.5, 0.6) is 0 Å². The van der Waals surface area contributed by atoms with E-state index in [2.05, 4.69) is 26.0 Å². The first-order valence-electron chi connectivity index (χ1n) is 7.73. The SMILES string of the molecule is NC(=O)c1c(Cc2ccc(C(F)(F)F)cn2)nn(-c2c(F)cccc2Br)c1N. The summed E-state index contributed by atoms with van der Waals surface area (Å²) in [5.41, 5.74) is 10.5. The number of rotatable bonds is 4. The number of para-hydroxylation sites is 1. The number of pyridine rings is 1. The van der Waals surface area contributed by atoms with Gasteiger partial charge in [-0.2, -0.15) is 18.3 Å². The number of nitrogen functional groups attached to an aromatic ring is 1. The molecule has 0 atom stereocenters. The molecule has 0 unspecified atom stereocenters. The molecule has 0 aliphatic carbocycles. The molecule has 0 radical (unpaired) electrons. The number of alkyl halides is 3. The van der Waals surface area contributed by atoms with Gasteiger partial charge in [0.2, 0.25) is 0 Å². The first-order chi connectivity index (χ1) is 13.1. The molecular weight excluding hydrogens is 446 g/mol. The lowest BCUT2D eigenvalue weighted by atomic mass is 10.1. The predicted molar refractivity (Wildman–Crippen MR) is 96.2 cm³/mol. The Kier molecular flexibility index (Phi) is 5.11. The average molecular weight is 458 g/mol. The molecule has 2 aromatic heterocycles. The number of carbonyl (C=O) groups is 1. The van der Waals surface area contributed by atoms with E-state index in [4.69, 9.17) is 11.5 Å². The average Bonchev–Trinajstić information content (AvgIpc) is 2.90. The Labute approximate surface area is 164 Å². The smallest absolute Gasteiger partial charge is 0.383 e. The van der Waals surface area contributed by atoms with Crippen molar-refractivity contribution >= 4 is 27.7 Å². The van der Waals surface area contributed by atoms with Crippen LogP contribution in [0.3, 0.4) is 0 Å². The second-order valence-electron chi connectivity index (χ2n) is 5.77. The summed E-state index contributed by atoms with van der Waals surface area (Å²) in [6, 6.07) is 6.22. The Morgan fingerprint density at radius 2 is 1.93 bits per heavy atom. The summed E-state index contributed by atoms with van der Waals surface area (Å²) in [6.45, 7) is 0. The lowest BCUT2D eigenvalue weighted by Gasteiger charge is -2.08. The van der Waals surface area contributed by atoms with E-state index in [1.807, 2.05) is 0 Å². The number of aromatic nitrogens is 3. The van der Waals surface area contributed by atoms with Gasteiger partial charge in [-0.1, -0.05) is 6.07 Å². The molecule has 0 saturated carbocycles. The third-order valence-corrected chi connectivity index (χ3v) is 4.53. The first-order valence-corrected chi connectivity index (χ1v) is 8.52. The fourth-order valence-electron chi connectivity index (χ4n) is 2.60. The topological polar surface area (TPSA) is 99.8 Å². The van der Waals surface area contributed by atoms with Crippen molar-refractivity contribution in [2.75, 3.05) is 5.73 Å². The van der Waals surface area contributed by atoms with Crippen LogP contribution in [0.2, 0.25) is 0 Å². The van der Waals surface area contributed by atoms with Crippen LogP contribution in [0.25, 0.3) is 5.69 Å². The maximum atomic E-state index is 14.3. The van der Waals surface area contributed by atoms with Gasteiger partial charge < -0.3 is 11.5 Å². The van der Waals surface area contributed by atoms with E-state index in [0.717, 1.165) is 16.8 Å². The van der Waals surface area contributed by atoms with E-state index >= 15 is 0 Å². The van der Waals surface area contributed by atoms with Crippen molar-refractivity contribution < 1.29 is 22.4 Å². The third-order valence-electron chi connectivity index (χ3n) is 3.89. The van der Waals surface area contributed by atoms with E-state index in [1.165, 1.54) is 12.1 Å². The summed E-state index contributed by atoms with van der Waals surface area (Å²) in [5.74, 6) is -1.75. The highest BCUT2D eigenvalue weighted by atomic mass is 79.9. The second kappa shape index (κ2) is 7.23. The fraction of sp³-hybridized carbons (Fsp3) is 0.118. The molecule has 0 spiro atoms. The Morgan fingerprint density at radius 3 is 2.46 bits per heavy atom. The molecule has 11 heteroatoms. The van der Waals surface area contributed by atoms with Gasteiger partial charge in [0.1, 0.15) is 22.9 Å². The van der Waals surface area contributed by atoms with Crippen molar-refractivity contribution in [3.05, 3.63) is 69.3 Å². The second-order valence-corrected chi connectivity index (χ2v) is 6.62. The van der Waals surface area contributed by atoms with Crippen molar-refractivity contribution in [1.82, 2.24) is 14.8 Å². The molecule has 0 bridgehead atoms. The number of hydrogen-bond donors (Lipinski definition) is 2. The largest absolute Gasteiger partial charge is 0.417 e. The fourth-order valence-corrected chi connectivity index (χ4v) is 3.11. The minimum atomic E-state index is -4.52. The molecule has 1 amide bonds. The highest BCUT2D eigenvalue weighted by Gasteiger charge is 2.31. The van der Waals surface area contributed by atoms with Crippen LogP contribution in [-0.2, 0) is 12.6 Å². The zero-order valence-corrected chi connectivity index (χ0v) is 15.6. The molecule has 2 heterocycles. The number of anilines is 1. The molecule has 0 fully saturated rings. The molecule has 0 saturated heterocycles. The summed E-state index contributed by atoms with van der Waals surface area (Å²) in [5, 5.41) is 4.15. The van der Waals surface area contributed by atoms with Crippen LogP contribution in [0, 0.1) is 5.82 Å². The molecule has 0 aliphatic rings. The summed E-state index contributed by atoms with van der Waals surface area (Å²) in [6.07, 6.45) is -3.97. The highest BCUT2D eigenvalue weighted by Crippen LogP contribution is 2.30. The number of hydrogen-bond acceptors (Lipinski definition) is 4. The quantitative estimate of drug-likeness (QED) is 0.585. The molecule has 28 heavy (non-hydrogen) atoms. The van der Waals surface area contributed by atoms with Crippen LogP contribution >= 0.6 is 15.9 Å². The van der Waals surface area contributed by atoms with Gasteiger partial charge >= 0.3 is 6.18 Å². The summed E-state index contributed by atoms with van der Waals surface area (Å²) in [7, 11) is 0. The van der Waals surface area contributed by atoms with E-state index < -0.39 is 23.5 Å². The number of benzene rings is 1. The van der Waals surface area contributed by atoms with Crippen LogP contribution in [0.1, 0.15) is 27.3 Å². The van der Waals surface area contributed by atoms with E-state index in [9.17, 15) is 22.4 Å². The lowest BCUT2D eigenvalue weighted by molar-refractivity contribution is -0.137. The molecule has 1 aromatic carbocycles. The van der Waals surface area contributed by atoms with Crippen molar-refractivity contribution in [2.24, 2.45) is 5.73 Å². The van der Waals surface area contributed by atoms with Gasteiger partial charge in [-0.3, -0.25) is 9.78 Å². The van der Waals surface area contributed by atoms with E-state index in [-0.39, 0.29) is 34.9 Å². The third kappa shape index (κ3) is 3.70. The molecule has 6 nitrogen and oxygen atoms in total. The monoisotopic (exact) mass is 457 g/mol.